The summed E-state index contributed by atoms with van der Waals surface area (Å²) in [6.45, 7) is 4.77. The molecule has 0 aromatic carbocycles. The average Bonchev–Trinajstić information content (AvgIpc) is 3.12. The minimum Gasteiger partial charge on any atom is -0.340 e. The maximum atomic E-state index is 12.3. The van der Waals surface area contributed by atoms with Crippen LogP contribution in [0.15, 0.2) is 6.20 Å². The van der Waals surface area contributed by atoms with Crippen LogP contribution in [0, 0.1) is 5.92 Å². The summed E-state index contributed by atoms with van der Waals surface area (Å²) in [6.07, 6.45) is 3.95. The molecule has 18 heavy (non-hydrogen) atoms. The van der Waals surface area contributed by atoms with Gasteiger partial charge in [-0.3, -0.25) is 4.79 Å². The second-order valence-corrected chi connectivity index (χ2v) is 5.62. The third kappa shape index (κ3) is 2.99. The molecule has 0 radical (unpaired) electrons. The van der Waals surface area contributed by atoms with Gasteiger partial charge in [0.1, 0.15) is 5.82 Å². The summed E-state index contributed by atoms with van der Waals surface area (Å²) >= 11 is 6.02. The van der Waals surface area contributed by atoms with Crippen LogP contribution in [0.2, 0.25) is 5.02 Å². The Labute approximate surface area is 112 Å². The van der Waals surface area contributed by atoms with Crippen LogP contribution in [0.25, 0.3) is 0 Å². The van der Waals surface area contributed by atoms with Crippen LogP contribution in [-0.4, -0.2) is 34.4 Å². The third-order valence-corrected chi connectivity index (χ3v) is 3.33. The van der Waals surface area contributed by atoms with Crippen molar-refractivity contribution in [1.29, 1.82) is 0 Å². The van der Waals surface area contributed by atoms with Crippen molar-refractivity contribution in [3.05, 3.63) is 22.7 Å². The Kier molecular flexibility index (Phi) is 3.85. The van der Waals surface area contributed by atoms with Crippen molar-refractivity contribution in [2.45, 2.75) is 32.6 Å². The second-order valence-electron chi connectivity index (χ2n) is 5.21. The number of rotatable bonds is 4. The maximum absolute atomic E-state index is 12.3. The summed E-state index contributed by atoms with van der Waals surface area (Å²) in [6, 6.07) is 0. The number of aromatic nitrogens is 2. The van der Waals surface area contributed by atoms with Gasteiger partial charge in [-0.05, 0) is 18.8 Å². The van der Waals surface area contributed by atoms with Gasteiger partial charge >= 0.3 is 0 Å². The highest BCUT2D eigenvalue weighted by atomic mass is 35.5. The molecule has 5 heteroatoms. The van der Waals surface area contributed by atoms with Crippen LogP contribution in [0.1, 0.15) is 48.9 Å². The van der Waals surface area contributed by atoms with E-state index in [4.69, 9.17) is 11.6 Å². The molecule has 98 valence electrons. The molecule has 0 unspecified atom stereocenters. The van der Waals surface area contributed by atoms with Gasteiger partial charge in [0.2, 0.25) is 0 Å². The van der Waals surface area contributed by atoms with Gasteiger partial charge in [0, 0.05) is 19.5 Å². The Balaban J connectivity index is 2.19. The molecule has 1 aromatic rings. The molecule has 0 aliphatic heterocycles. The lowest BCUT2D eigenvalue weighted by Crippen LogP contribution is -2.30. The predicted octanol–water partition coefficient (Wildman–Crippen LogP) is 2.74. The molecule has 4 nitrogen and oxygen atoms in total. The van der Waals surface area contributed by atoms with Crippen LogP contribution in [0.4, 0.5) is 0 Å². The molecule has 0 N–H and O–H groups in total. The molecular formula is C13H18ClN3O. The maximum Gasteiger partial charge on any atom is 0.273 e. The first kappa shape index (κ1) is 13.3. The Morgan fingerprint density at radius 3 is 2.78 bits per heavy atom. The Morgan fingerprint density at radius 2 is 2.22 bits per heavy atom. The first-order chi connectivity index (χ1) is 8.49. The highest BCUT2D eigenvalue weighted by Crippen LogP contribution is 2.30. The van der Waals surface area contributed by atoms with E-state index in [0.29, 0.717) is 22.5 Å². The molecule has 1 aromatic heterocycles. The van der Waals surface area contributed by atoms with E-state index in [0.717, 1.165) is 6.54 Å². The summed E-state index contributed by atoms with van der Waals surface area (Å²) in [5.74, 6) is 1.38. The molecule has 1 aliphatic rings. The Bertz CT molecular complexity index is 458. The molecular weight excluding hydrogens is 250 g/mol. The van der Waals surface area contributed by atoms with E-state index in [-0.39, 0.29) is 11.8 Å². The lowest BCUT2D eigenvalue weighted by molar-refractivity contribution is 0.0782. The molecule has 2 rings (SSSR count). The van der Waals surface area contributed by atoms with Crippen molar-refractivity contribution in [2.75, 3.05) is 13.6 Å². The van der Waals surface area contributed by atoms with Crippen LogP contribution < -0.4 is 0 Å². The van der Waals surface area contributed by atoms with E-state index in [9.17, 15) is 4.79 Å². The number of carbonyl (C=O) groups is 1. The smallest absolute Gasteiger partial charge is 0.273 e. The number of nitrogens with zero attached hydrogens (tertiary/aromatic N) is 3. The van der Waals surface area contributed by atoms with Crippen LogP contribution in [0.5, 0.6) is 0 Å². The third-order valence-electron chi connectivity index (χ3n) is 3.06. The fourth-order valence-corrected chi connectivity index (χ4v) is 1.93. The molecule has 0 saturated heterocycles. The molecule has 0 atom stereocenters. The zero-order chi connectivity index (χ0) is 13.3. The van der Waals surface area contributed by atoms with Crippen molar-refractivity contribution in [3.63, 3.8) is 0 Å². The number of hydrogen-bond acceptors (Lipinski definition) is 3. The number of hydrogen-bond donors (Lipinski definition) is 0. The van der Waals surface area contributed by atoms with Gasteiger partial charge < -0.3 is 4.90 Å². The first-order valence-corrected chi connectivity index (χ1v) is 6.64. The number of carbonyl (C=O) groups excluding carboxylic acids is 1. The van der Waals surface area contributed by atoms with Gasteiger partial charge in [-0.1, -0.05) is 25.4 Å². The van der Waals surface area contributed by atoms with E-state index in [1.807, 2.05) is 13.8 Å². The summed E-state index contributed by atoms with van der Waals surface area (Å²) in [5, 5.41) is 0.326. The molecule has 1 fully saturated rings. The van der Waals surface area contributed by atoms with Gasteiger partial charge in [-0.15, -0.1) is 0 Å². The zero-order valence-corrected chi connectivity index (χ0v) is 11.7. The van der Waals surface area contributed by atoms with E-state index >= 15 is 0 Å². The lowest BCUT2D eigenvalue weighted by Gasteiger charge is -2.17. The number of amides is 1. The molecule has 1 aliphatic carbocycles. The van der Waals surface area contributed by atoms with Gasteiger partial charge in [0.25, 0.3) is 5.91 Å². The van der Waals surface area contributed by atoms with Crippen molar-refractivity contribution >= 4 is 17.5 Å². The lowest BCUT2D eigenvalue weighted by atomic mass is 10.2. The van der Waals surface area contributed by atoms with Crippen molar-refractivity contribution < 1.29 is 4.79 Å². The second kappa shape index (κ2) is 5.22. The largest absolute Gasteiger partial charge is 0.340 e. The van der Waals surface area contributed by atoms with Crippen LogP contribution in [-0.2, 0) is 0 Å². The normalized spacial score (nSPS) is 14.9. The minimum atomic E-state index is -0.115. The first-order valence-electron chi connectivity index (χ1n) is 6.27. The topological polar surface area (TPSA) is 46.1 Å². The zero-order valence-electron chi connectivity index (χ0n) is 11.0. The van der Waals surface area contributed by atoms with Crippen LogP contribution in [0.3, 0.4) is 0 Å². The Hall–Kier alpha value is -1.16. The van der Waals surface area contributed by atoms with E-state index in [1.165, 1.54) is 19.0 Å². The van der Waals surface area contributed by atoms with Crippen molar-refractivity contribution in [1.82, 2.24) is 14.9 Å². The Morgan fingerprint density at radius 1 is 1.56 bits per heavy atom. The highest BCUT2D eigenvalue weighted by Gasteiger charge is 2.27. The number of halogens is 1. The predicted molar refractivity (Wildman–Crippen MR) is 70.8 cm³/mol. The fraction of sp³-hybridized carbons (Fsp3) is 0.615. The minimum absolute atomic E-state index is 0.115. The standard InChI is InChI=1S/C13H18ClN3O/c1-8(2)12-15-6-10(14)11(16-12)13(18)17(3)7-9-4-5-9/h6,8-9H,4-5,7H2,1-3H3. The molecule has 1 amide bonds. The van der Waals surface area contributed by atoms with Crippen LogP contribution >= 0.6 is 11.6 Å². The average molecular weight is 268 g/mol. The highest BCUT2D eigenvalue weighted by molar-refractivity contribution is 6.33. The van der Waals surface area contributed by atoms with Crippen molar-refractivity contribution in [3.8, 4) is 0 Å². The molecule has 1 heterocycles. The monoisotopic (exact) mass is 267 g/mol. The van der Waals surface area contributed by atoms with Gasteiger partial charge in [-0.2, -0.15) is 0 Å². The van der Waals surface area contributed by atoms with E-state index in [1.54, 1.807) is 11.9 Å². The SMILES string of the molecule is CC(C)c1ncc(Cl)c(C(=O)N(C)CC2CC2)n1. The fourth-order valence-electron chi connectivity index (χ4n) is 1.76. The van der Waals surface area contributed by atoms with Gasteiger partial charge in [0.05, 0.1) is 11.2 Å². The summed E-state index contributed by atoms with van der Waals surface area (Å²) in [5.41, 5.74) is 0.318. The summed E-state index contributed by atoms with van der Waals surface area (Å²) in [7, 11) is 1.80. The van der Waals surface area contributed by atoms with Gasteiger partial charge in [0.15, 0.2) is 5.69 Å². The van der Waals surface area contributed by atoms with E-state index in [2.05, 4.69) is 9.97 Å². The quantitative estimate of drug-likeness (QED) is 0.843. The van der Waals surface area contributed by atoms with Crippen molar-refractivity contribution in [2.24, 2.45) is 5.92 Å². The summed E-state index contributed by atoms with van der Waals surface area (Å²) in [4.78, 5) is 22.4. The van der Waals surface area contributed by atoms with Gasteiger partial charge in [-0.25, -0.2) is 9.97 Å². The van der Waals surface area contributed by atoms with E-state index < -0.39 is 0 Å². The molecule has 0 spiro atoms. The summed E-state index contributed by atoms with van der Waals surface area (Å²) < 4.78 is 0. The molecule has 1 saturated carbocycles. The molecule has 0 bridgehead atoms.